The molecule has 0 aromatic carbocycles. The maximum Gasteiger partial charge on any atom is 0.335 e. The van der Waals surface area contributed by atoms with Crippen LogP contribution in [0.5, 0.6) is 5.88 Å². The molecule has 0 bridgehead atoms. The zero-order valence-electron chi connectivity index (χ0n) is 9.56. The fourth-order valence-corrected chi connectivity index (χ4v) is 1.30. The van der Waals surface area contributed by atoms with Gasteiger partial charge < -0.3 is 14.6 Å². The summed E-state index contributed by atoms with van der Waals surface area (Å²) >= 11 is 0. The number of aromatic nitrogens is 1. The molecule has 1 aromatic rings. The molecule has 1 aromatic heterocycles. The Hall–Kier alpha value is -1.62. The molecule has 1 heterocycles. The number of rotatable bonds is 5. The molecular weight excluding hydrogens is 210 g/mol. The summed E-state index contributed by atoms with van der Waals surface area (Å²) in [5.74, 6) is -0.684. The maximum atomic E-state index is 10.8. The second-order valence-corrected chi connectivity index (χ2v) is 3.52. The standard InChI is InChI=1S/C11H15NO4/c1-7-4-9(11(13)14)5-10(12-7)16-8(2)6-15-3/h4-5,8H,6H2,1-3H3,(H,13,14). The first kappa shape index (κ1) is 12.4. The molecule has 1 atom stereocenters. The highest BCUT2D eigenvalue weighted by Gasteiger charge is 2.10. The van der Waals surface area contributed by atoms with Crippen molar-refractivity contribution in [3.05, 3.63) is 23.4 Å². The van der Waals surface area contributed by atoms with Crippen LogP contribution in [0.25, 0.3) is 0 Å². The van der Waals surface area contributed by atoms with Crippen molar-refractivity contribution in [2.75, 3.05) is 13.7 Å². The normalized spacial score (nSPS) is 12.2. The lowest BCUT2D eigenvalue weighted by Gasteiger charge is -2.13. The summed E-state index contributed by atoms with van der Waals surface area (Å²) in [6.45, 7) is 3.98. The Labute approximate surface area is 94.0 Å². The molecule has 5 heteroatoms. The zero-order chi connectivity index (χ0) is 12.1. The van der Waals surface area contributed by atoms with Crippen LogP contribution in [0, 0.1) is 6.92 Å². The van der Waals surface area contributed by atoms with Crippen molar-refractivity contribution < 1.29 is 19.4 Å². The number of aryl methyl sites for hydroxylation is 1. The molecule has 16 heavy (non-hydrogen) atoms. The number of nitrogens with zero attached hydrogens (tertiary/aromatic N) is 1. The van der Waals surface area contributed by atoms with Crippen LogP contribution in [0.3, 0.4) is 0 Å². The van der Waals surface area contributed by atoms with E-state index in [1.54, 1.807) is 14.0 Å². The van der Waals surface area contributed by atoms with E-state index in [2.05, 4.69) is 4.98 Å². The van der Waals surface area contributed by atoms with E-state index in [1.165, 1.54) is 12.1 Å². The van der Waals surface area contributed by atoms with Gasteiger partial charge in [0.2, 0.25) is 5.88 Å². The minimum absolute atomic E-state index is 0.166. The average molecular weight is 225 g/mol. The Morgan fingerprint density at radius 3 is 2.81 bits per heavy atom. The first-order chi connectivity index (χ1) is 7.52. The second kappa shape index (κ2) is 5.46. The minimum atomic E-state index is -0.991. The van der Waals surface area contributed by atoms with Gasteiger partial charge in [-0.3, -0.25) is 0 Å². The van der Waals surface area contributed by atoms with Crippen LogP contribution in [-0.2, 0) is 4.74 Å². The van der Waals surface area contributed by atoms with E-state index < -0.39 is 5.97 Å². The van der Waals surface area contributed by atoms with Crippen LogP contribution >= 0.6 is 0 Å². The average Bonchev–Trinajstić information content (AvgIpc) is 2.16. The fraction of sp³-hybridized carbons (Fsp3) is 0.455. The van der Waals surface area contributed by atoms with Gasteiger partial charge in [0.15, 0.2) is 0 Å². The number of carbonyl (C=O) groups is 1. The molecule has 0 radical (unpaired) electrons. The lowest BCUT2D eigenvalue weighted by Crippen LogP contribution is -2.19. The van der Waals surface area contributed by atoms with Gasteiger partial charge in [0.1, 0.15) is 6.10 Å². The zero-order valence-corrected chi connectivity index (χ0v) is 9.56. The molecular formula is C11H15NO4. The number of aromatic carboxylic acids is 1. The molecule has 0 fully saturated rings. The van der Waals surface area contributed by atoms with Crippen LogP contribution in [0.2, 0.25) is 0 Å². The van der Waals surface area contributed by atoms with E-state index in [0.717, 1.165) is 0 Å². The van der Waals surface area contributed by atoms with E-state index in [-0.39, 0.29) is 11.7 Å². The van der Waals surface area contributed by atoms with Crippen molar-refractivity contribution in [1.82, 2.24) is 4.98 Å². The largest absolute Gasteiger partial charge is 0.478 e. The molecule has 0 saturated carbocycles. The van der Waals surface area contributed by atoms with Gasteiger partial charge in [-0.05, 0) is 19.9 Å². The molecule has 0 saturated heterocycles. The number of hydrogen-bond donors (Lipinski definition) is 1. The summed E-state index contributed by atoms with van der Waals surface area (Å²) in [6, 6.07) is 2.90. The highest BCUT2D eigenvalue weighted by atomic mass is 16.5. The van der Waals surface area contributed by atoms with Gasteiger partial charge >= 0.3 is 5.97 Å². The topological polar surface area (TPSA) is 68.7 Å². The lowest BCUT2D eigenvalue weighted by molar-refractivity contribution is 0.0693. The van der Waals surface area contributed by atoms with E-state index in [4.69, 9.17) is 14.6 Å². The monoisotopic (exact) mass is 225 g/mol. The molecule has 0 spiro atoms. The third kappa shape index (κ3) is 3.51. The van der Waals surface area contributed by atoms with Crippen LogP contribution in [0.15, 0.2) is 12.1 Å². The van der Waals surface area contributed by atoms with Crippen LogP contribution in [0.1, 0.15) is 23.0 Å². The van der Waals surface area contributed by atoms with E-state index in [9.17, 15) is 4.79 Å². The van der Waals surface area contributed by atoms with E-state index >= 15 is 0 Å². The van der Waals surface area contributed by atoms with Gasteiger partial charge in [-0.1, -0.05) is 0 Å². The molecule has 88 valence electrons. The van der Waals surface area contributed by atoms with Gasteiger partial charge in [0.05, 0.1) is 12.2 Å². The van der Waals surface area contributed by atoms with Crippen molar-refractivity contribution in [3.63, 3.8) is 0 Å². The van der Waals surface area contributed by atoms with Crippen molar-refractivity contribution in [1.29, 1.82) is 0 Å². The first-order valence-corrected chi connectivity index (χ1v) is 4.90. The summed E-state index contributed by atoms with van der Waals surface area (Å²) in [7, 11) is 1.58. The fourth-order valence-electron chi connectivity index (χ4n) is 1.30. The second-order valence-electron chi connectivity index (χ2n) is 3.52. The molecule has 1 rings (SSSR count). The third-order valence-corrected chi connectivity index (χ3v) is 1.90. The quantitative estimate of drug-likeness (QED) is 0.822. The van der Waals surface area contributed by atoms with Crippen molar-refractivity contribution >= 4 is 5.97 Å². The van der Waals surface area contributed by atoms with Gasteiger partial charge in [-0.25, -0.2) is 9.78 Å². The number of carboxylic acid groups (broad SMARTS) is 1. The maximum absolute atomic E-state index is 10.8. The number of carboxylic acids is 1. The van der Waals surface area contributed by atoms with Crippen molar-refractivity contribution in [2.45, 2.75) is 20.0 Å². The Bertz CT molecular complexity index is 378. The molecule has 0 aliphatic rings. The molecule has 0 aliphatic heterocycles. The van der Waals surface area contributed by atoms with E-state index in [0.29, 0.717) is 18.2 Å². The van der Waals surface area contributed by atoms with Gasteiger partial charge in [-0.2, -0.15) is 0 Å². The first-order valence-electron chi connectivity index (χ1n) is 4.90. The predicted octanol–water partition coefficient (Wildman–Crippen LogP) is 1.50. The van der Waals surface area contributed by atoms with Crippen molar-refractivity contribution in [2.24, 2.45) is 0 Å². The number of hydrogen-bond acceptors (Lipinski definition) is 4. The Kier molecular flexibility index (Phi) is 4.25. The SMILES string of the molecule is COCC(C)Oc1cc(C(=O)O)cc(C)n1. The van der Waals surface area contributed by atoms with Crippen LogP contribution in [-0.4, -0.2) is 35.9 Å². The highest BCUT2D eigenvalue weighted by Crippen LogP contribution is 2.14. The van der Waals surface area contributed by atoms with E-state index in [1.807, 2.05) is 6.92 Å². The molecule has 0 aliphatic carbocycles. The Balaban J connectivity index is 2.84. The number of methoxy groups -OCH3 is 1. The van der Waals surface area contributed by atoms with Gasteiger partial charge in [-0.15, -0.1) is 0 Å². The van der Waals surface area contributed by atoms with Crippen LogP contribution < -0.4 is 4.74 Å². The molecule has 0 amide bonds. The number of pyridine rings is 1. The predicted molar refractivity (Wildman–Crippen MR) is 57.9 cm³/mol. The molecule has 5 nitrogen and oxygen atoms in total. The number of ether oxygens (including phenoxy) is 2. The summed E-state index contributed by atoms with van der Waals surface area (Å²) in [4.78, 5) is 14.9. The van der Waals surface area contributed by atoms with Gasteiger partial charge in [0, 0.05) is 18.9 Å². The molecule has 1 N–H and O–H groups in total. The van der Waals surface area contributed by atoms with Gasteiger partial charge in [0.25, 0.3) is 0 Å². The summed E-state index contributed by atoms with van der Waals surface area (Å²) in [5, 5.41) is 8.86. The summed E-state index contributed by atoms with van der Waals surface area (Å²) < 4.78 is 10.3. The highest BCUT2D eigenvalue weighted by molar-refractivity contribution is 5.87. The lowest BCUT2D eigenvalue weighted by atomic mass is 10.2. The Morgan fingerprint density at radius 1 is 1.56 bits per heavy atom. The summed E-state index contributed by atoms with van der Waals surface area (Å²) in [6.07, 6.45) is -0.166. The summed E-state index contributed by atoms with van der Waals surface area (Å²) in [5.41, 5.74) is 0.784. The minimum Gasteiger partial charge on any atom is -0.478 e. The smallest absolute Gasteiger partial charge is 0.335 e. The van der Waals surface area contributed by atoms with Crippen LogP contribution in [0.4, 0.5) is 0 Å². The van der Waals surface area contributed by atoms with Crippen molar-refractivity contribution in [3.8, 4) is 5.88 Å². The Morgan fingerprint density at radius 2 is 2.25 bits per heavy atom. The molecule has 1 unspecified atom stereocenters. The third-order valence-electron chi connectivity index (χ3n) is 1.90.